The molecule has 0 bridgehead atoms. The molecule has 0 amide bonds. The van der Waals surface area contributed by atoms with Gasteiger partial charge in [-0.25, -0.2) is 4.68 Å². The number of benzene rings is 1. The second kappa shape index (κ2) is 3.54. The maximum atomic E-state index is 5.74. The Morgan fingerprint density at radius 1 is 1.21 bits per heavy atom. The number of anilines is 1. The summed E-state index contributed by atoms with van der Waals surface area (Å²) in [5.41, 5.74) is 8.07. The standard InChI is InChI=1S/C11H13N3/c1-2-9-3-5-10(6-4-9)14-11(12)7-8-13-14/h3-8H,2,12H2,1H3. The highest BCUT2D eigenvalue weighted by Gasteiger charge is 2.00. The van der Waals surface area contributed by atoms with Crippen LogP contribution < -0.4 is 5.73 Å². The Kier molecular flexibility index (Phi) is 2.23. The van der Waals surface area contributed by atoms with Gasteiger partial charge in [-0.1, -0.05) is 19.1 Å². The van der Waals surface area contributed by atoms with Gasteiger partial charge < -0.3 is 5.73 Å². The van der Waals surface area contributed by atoms with Gasteiger partial charge in [0.05, 0.1) is 11.9 Å². The SMILES string of the molecule is CCc1ccc(-n2nccc2N)cc1. The average Bonchev–Trinajstić information content (AvgIpc) is 2.65. The molecule has 0 atom stereocenters. The molecule has 2 aromatic rings. The molecule has 14 heavy (non-hydrogen) atoms. The Labute approximate surface area is 83.2 Å². The third kappa shape index (κ3) is 1.48. The molecular weight excluding hydrogens is 174 g/mol. The lowest BCUT2D eigenvalue weighted by Crippen LogP contribution is -2.01. The topological polar surface area (TPSA) is 43.8 Å². The third-order valence-electron chi connectivity index (χ3n) is 2.26. The number of rotatable bonds is 2. The van der Waals surface area contributed by atoms with E-state index < -0.39 is 0 Å². The molecule has 1 aromatic heterocycles. The minimum absolute atomic E-state index is 0.661. The molecule has 0 aliphatic carbocycles. The van der Waals surface area contributed by atoms with Gasteiger partial charge in [0.25, 0.3) is 0 Å². The molecule has 0 unspecified atom stereocenters. The molecule has 0 spiro atoms. The summed E-state index contributed by atoms with van der Waals surface area (Å²) in [6.07, 6.45) is 2.75. The lowest BCUT2D eigenvalue weighted by atomic mass is 10.1. The Bertz CT molecular complexity index is 414. The van der Waals surface area contributed by atoms with Gasteiger partial charge in [0.1, 0.15) is 5.82 Å². The van der Waals surface area contributed by atoms with Crippen molar-refractivity contribution >= 4 is 5.82 Å². The molecule has 0 aliphatic heterocycles. The lowest BCUT2D eigenvalue weighted by Gasteiger charge is -2.04. The zero-order chi connectivity index (χ0) is 9.97. The van der Waals surface area contributed by atoms with E-state index in [1.165, 1.54) is 5.56 Å². The predicted molar refractivity (Wildman–Crippen MR) is 57.4 cm³/mol. The molecule has 2 rings (SSSR count). The largest absolute Gasteiger partial charge is 0.384 e. The quantitative estimate of drug-likeness (QED) is 0.781. The molecule has 0 saturated heterocycles. The van der Waals surface area contributed by atoms with Crippen molar-refractivity contribution in [1.29, 1.82) is 0 Å². The number of aryl methyl sites for hydroxylation is 1. The van der Waals surface area contributed by atoms with E-state index in [0.29, 0.717) is 5.82 Å². The first-order valence-corrected chi connectivity index (χ1v) is 4.70. The normalized spacial score (nSPS) is 10.4. The fourth-order valence-corrected chi connectivity index (χ4v) is 1.40. The van der Waals surface area contributed by atoms with Gasteiger partial charge in [-0.15, -0.1) is 0 Å². The summed E-state index contributed by atoms with van der Waals surface area (Å²) in [4.78, 5) is 0. The number of nitrogens with two attached hydrogens (primary N) is 1. The Hall–Kier alpha value is -1.77. The first-order valence-electron chi connectivity index (χ1n) is 4.70. The van der Waals surface area contributed by atoms with E-state index in [-0.39, 0.29) is 0 Å². The van der Waals surface area contributed by atoms with Gasteiger partial charge in [0.2, 0.25) is 0 Å². The van der Waals surface area contributed by atoms with Crippen molar-refractivity contribution in [3.8, 4) is 5.69 Å². The van der Waals surface area contributed by atoms with Gasteiger partial charge in [-0.05, 0) is 24.1 Å². The number of hydrogen-bond donors (Lipinski definition) is 1. The van der Waals surface area contributed by atoms with Crippen molar-refractivity contribution in [2.24, 2.45) is 0 Å². The highest BCUT2D eigenvalue weighted by molar-refractivity contribution is 5.41. The van der Waals surface area contributed by atoms with Crippen molar-refractivity contribution < 1.29 is 0 Å². The van der Waals surface area contributed by atoms with Crippen molar-refractivity contribution in [2.45, 2.75) is 13.3 Å². The average molecular weight is 187 g/mol. The minimum Gasteiger partial charge on any atom is -0.384 e. The molecule has 3 nitrogen and oxygen atoms in total. The number of nitrogen functional groups attached to an aromatic ring is 1. The summed E-state index contributed by atoms with van der Waals surface area (Å²) >= 11 is 0. The summed E-state index contributed by atoms with van der Waals surface area (Å²) in [5, 5.41) is 4.13. The van der Waals surface area contributed by atoms with Crippen molar-refractivity contribution in [3.05, 3.63) is 42.1 Å². The van der Waals surface area contributed by atoms with E-state index in [2.05, 4.69) is 24.2 Å². The van der Waals surface area contributed by atoms with E-state index in [1.54, 1.807) is 16.9 Å². The summed E-state index contributed by atoms with van der Waals surface area (Å²) in [6.45, 7) is 2.14. The first-order chi connectivity index (χ1) is 6.81. The monoisotopic (exact) mass is 187 g/mol. The van der Waals surface area contributed by atoms with Crippen LogP contribution >= 0.6 is 0 Å². The highest BCUT2D eigenvalue weighted by Crippen LogP contribution is 2.12. The van der Waals surface area contributed by atoms with Crippen molar-refractivity contribution in [2.75, 3.05) is 5.73 Å². The summed E-state index contributed by atoms with van der Waals surface area (Å²) < 4.78 is 1.72. The van der Waals surface area contributed by atoms with Crippen molar-refractivity contribution in [1.82, 2.24) is 9.78 Å². The fraction of sp³-hybridized carbons (Fsp3) is 0.182. The minimum atomic E-state index is 0.661. The first kappa shape index (κ1) is 8.81. The third-order valence-corrected chi connectivity index (χ3v) is 2.26. The molecule has 1 aromatic carbocycles. The van der Waals surface area contributed by atoms with Gasteiger partial charge >= 0.3 is 0 Å². The second-order valence-corrected chi connectivity index (χ2v) is 3.19. The molecule has 0 radical (unpaired) electrons. The summed E-state index contributed by atoms with van der Waals surface area (Å²) in [5.74, 6) is 0.661. The van der Waals surface area contributed by atoms with E-state index in [4.69, 9.17) is 5.73 Å². The molecule has 0 aliphatic rings. The molecule has 0 fully saturated rings. The van der Waals surface area contributed by atoms with Crippen LogP contribution in [0.2, 0.25) is 0 Å². The smallest absolute Gasteiger partial charge is 0.127 e. The van der Waals surface area contributed by atoms with Crippen LogP contribution in [0.1, 0.15) is 12.5 Å². The van der Waals surface area contributed by atoms with Crippen LogP contribution in [0.3, 0.4) is 0 Å². The molecule has 3 heteroatoms. The highest BCUT2D eigenvalue weighted by atomic mass is 15.3. The van der Waals surface area contributed by atoms with E-state index >= 15 is 0 Å². The lowest BCUT2D eigenvalue weighted by molar-refractivity contribution is 0.890. The number of aromatic nitrogens is 2. The molecule has 0 saturated carbocycles. The maximum absolute atomic E-state index is 5.74. The van der Waals surface area contributed by atoms with Gasteiger partial charge in [-0.3, -0.25) is 0 Å². The van der Waals surface area contributed by atoms with Gasteiger partial charge in [-0.2, -0.15) is 5.10 Å². The zero-order valence-electron chi connectivity index (χ0n) is 8.14. The van der Waals surface area contributed by atoms with Gasteiger partial charge in [0.15, 0.2) is 0 Å². The molecule has 1 heterocycles. The predicted octanol–water partition coefficient (Wildman–Crippen LogP) is 2.02. The Morgan fingerprint density at radius 3 is 2.43 bits per heavy atom. The summed E-state index contributed by atoms with van der Waals surface area (Å²) in [6, 6.07) is 10.0. The van der Waals surface area contributed by atoms with Gasteiger partial charge in [0, 0.05) is 6.07 Å². The van der Waals surface area contributed by atoms with Crippen LogP contribution in [0.4, 0.5) is 5.82 Å². The molecule has 72 valence electrons. The zero-order valence-corrected chi connectivity index (χ0v) is 8.14. The second-order valence-electron chi connectivity index (χ2n) is 3.19. The van der Waals surface area contributed by atoms with Crippen LogP contribution in [0, 0.1) is 0 Å². The number of hydrogen-bond acceptors (Lipinski definition) is 2. The van der Waals surface area contributed by atoms with Crippen LogP contribution in [-0.4, -0.2) is 9.78 Å². The van der Waals surface area contributed by atoms with E-state index in [1.807, 2.05) is 12.1 Å². The number of nitrogens with zero attached hydrogens (tertiary/aromatic N) is 2. The van der Waals surface area contributed by atoms with Crippen LogP contribution in [0.5, 0.6) is 0 Å². The van der Waals surface area contributed by atoms with Crippen LogP contribution in [-0.2, 0) is 6.42 Å². The molecule has 2 N–H and O–H groups in total. The summed E-state index contributed by atoms with van der Waals surface area (Å²) in [7, 11) is 0. The van der Waals surface area contributed by atoms with E-state index in [0.717, 1.165) is 12.1 Å². The Balaban J connectivity index is 2.39. The van der Waals surface area contributed by atoms with E-state index in [9.17, 15) is 0 Å². The fourth-order valence-electron chi connectivity index (χ4n) is 1.40. The Morgan fingerprint density at radius 2 is 1.93 bits per heavy atom. The van der Waals surface area contributed by atoms with Crippen LogP contribution in [0.25, 0.3) is 5.69 Å². The van der Waals surface area contributed by atoms with Crippen LogP contribution in [0.15, 0.2) is 36.5 Å². The molecular formula is C11H13N3. The maximum Gasteiger partial charge on any atom is 0.127 e. The van der Waals surface area contributed by atoms with Crippen molar-refractivity contribution in [3.63, 3.8) is 0 Å².